The molecule has 0 bridgehead atoms. The Kier molecular flexibility index (Phi) is 7.07. The molecule has 0 aliphatic carbocycles. The zero-order valence-corrected chi connectivity index (χ0v) is 21.1. The highest BCUT2D eigenvalue weighted by Crippen LogP contribution is 2.30. The maximum absolute atomic E-state index is 13.7. The number of rotatable bonds is 6. The molecule has 0 unspecified atom stereocenters. The summed E-state index contributed by atoms with van der Waals surface area (Å²) in [6.45, 7) is 6.97. The SMILES string of the molecule is C[C@@H](c1nc2cccc(Cl)c2c(=O)n1-c1cccc(CNS(C)(=O)=O)c1)N(C(=O)O)C(C)(C)C. The molecule has 1 atom stereocenters. The molecule has 2 N–H and O–H groups in total. The van der Waals surface area contributed by atoms with Gasteiger partial charge in [-0.25, -0.2) is 22.9 Å². The van der Waals surface area contributed by atoms with Crippen LogP contribution in [0.4, 0.5) is 4.79 Å². The third kappa shape index (κ3) is 5.40. The van der Waals surface area contributed by atoms with Crippen LogP contribution in [0.3, 0.4) is 0 Å². The Labute approximate surface area is 203 Å². The third-order valence-electron chi connectivity index (χ3n) is 5.27. The van der Waals surface area contributed by atoms with Crippen molar-refractivity contribution in [2.75, 3.05) is 6.26 Å². The first-order valence-corrected chi connectivity index (χ1v) is 12.7. The Morgan fingerprint density at radius 2 is 1.88 bits per heavy atom. The lowest BCUT2D eigenvalue weighted by Gasteiger charge is -2.38. The average molecular weight is 507 g/mol. The summed E-state index contributed by atoms with van der Waals surface area (Å²) in [6, 6.07) is 10.8. The van der Waals surface area contributed by atoms with Crippen LogP contribution in [0.2, 0.25) is 5.02 Å². The minimum atomic E-state index is -3.42. The molecule has 1 aromatic heterocycles. The number of nitrogens with zero attached hydrogens (tertiary/aromatic N) is 3. The van der Waals surface area contributed by atoms with Gasteiger partial charge in [-0.05, 0) is 57.5 Å². The van der Waals surface area contributed by atoms with Gasteiger partial charge in [0.1, 0.15) is 5.82 Å². The van der Waals surface area contributed by atoms with Crippen molar-refractivity contribution in [3.63, 3.8) is 0 Å². The Morgan fingerprint density at radius 3 is 2.47 bits per heavy atom. The fourth-order valence-electron chi connectivity index (χ4n) is 3.91. The number of sulfonamides is 1. The number of halogens is 1. The number of benzene rings is 2. The van der Waals surface area contributed by atoms with E-state index in [1.807, 2.05) is 0 Å². The Bertz CT molecular complexity index is 1410. The minimum Gasteiger partial charge on any atom is -0.465 e. The summed E-state index contributed by atoms with van der Waals surface area (Å²) in [5.41, 5.74) is 0.139. The van der Waals surface area contributed by atoms with E-state index in [1.54, 1.807) is 70.2 Å². The molecule has 11 heteroatoms. The van der Waals surface area contributed by atoms with Crippen LogP contribution in [-0.2, 0) is 16.6 Å². The van der Waals surface area contributed by atoms with Gasteiger partial charge in [0.2, 0.25) is 10.0 Å². The van der Waals surface area contributed by atoms with Gasteiger partial charge in [-0.3, -0.25) is 14.3 Å². The second-order valence-electron chi connectivity index (χ2n) is 9.01. The van der Waals surface area contributed by atoms with Crippen LogP contribution in [0.5, 0.6) is 0 Å². The largest absolute Gasteiger partial charge is 0.465 e. The standard InChI is InChI=1S/C23H27ClN4O5S/c1-14(28(22(30)31)23(2,3)4)20-26-18-11-7-10-17(24)19(18)21(29)27(20)16-9-6-8-15(12-16)13-25-34(5,32)33/h6-12,14,25H,13H2,1-5H3,(H,30,31)/t14-/m0/s1. The monoisotopic (exact) mass is 506 g/mol. The van der Waals surface area contributed by atoms with Gasteiger partial charge in [0, 0.05) is 12.1 Å². The lowest BCUT2D eigenvalue weighted by Crippen LogP contribution is -2.47. The van der Waals surface area contributed by atoms with Gasteiger partial charge < -0.3 is 5.11 Å². The van der Waals surface area contributed by atoms with Crippen LogP contribution in [0.15, 0.2) is 47.3 Å². The van der Waals surface area contributed by atoms with Crippen LogP contribution in [0.25, 0.3) is 16.6 Å². The lowest BCUT2D eigenvalue weighted by molar-refractivity contribution is 0.0719. The van der Waals surface area contributed by atoms with E-state index < -0.39 is 33.3 Å². The van der Waals surface area contributed by atoms with Gasteiger partial charge in [-0.1, -0.05) is 29.8 Å². The molecule has 0 spiro atoms. The number of aromatic nitrogens is 2. The average Bonchev–Trinajstić information content (AvgIpc) is 2.70. The van der Waals surface area contributed by atoms with Crippen molar-refractivity contribution in [2.24, 2.45) is 0 Å². The van der Waals surface area contributed by atoms with E-state index in [-0.39, 0.29) is 22.8 Å². The van der Waals surface area contributed by atoms with E-state index in [1.165, 1.54) is 9.47 Å². The van der Waals surface area contributed by atoms with Gasteiger partial charge in [-0.2, -0.15) is 0 Å². The molecule has 0 aliphatic heterocycles. The van der Waals surface area contributed by atoms with Crippen molar-refractivity contribution >= 4 is 38.6 Å². The first kappa shape index (κ1) is 25.7. The first-order valence-electron chi connectivity index (χ1n) is 10.5. The minimum absolute atomic E-state index is 0.0251. The summed E-state index contributed by atoms with van der Waals surface area (Å²) in [5, 5.41) is 10.4. The molecule has 182 valence electrons. The predicted octanol–water partition coefficient (Wildman–Crippen LogP) is 3.93. The topological polar surface area (TPSA) is 122 Å². The molecule has 0 fully saturated rings. The van der Waals surface area contributed by atoms with Crippen molar-refractivity contribution in [3.05, 3.63) is 69.2 Å². The molecule has 0 saturated carbocycles. The first-order chi connectivity index (χ1) is 15.7. The van der Waals surface area contributed by atoms with E-state index in [4.69, 9.17) is 11.6 Å². The van der Waals surface area contributed by atoms with Gasteiger partial charge in [0.15, 0.2) is 0 Å². The summed E-state index contributed by atoms with van der Waals surface area (Å²) < 4.78 is 26.8. The number of fused-ring (bicyclic) bond motifs is 1. The van der Waals surface area contributed by atoms with E-state index in [0.717, 1.165) is 6.26 Å². The molecular weight excluding hydrogens is 480 g/mol. The molecule has 0 radical (unpaired) electrons. The Morgan fingerprint density at radius 1 is 1.24 bits per heavy atom. The van der Waals surface area contributed by atoms with Gasteiger partial charge in [0.05, 0.1) is 33.9 Å². The van der Waals surface area contributed by atoms with Crippen molar-refractivity contribution in [3.8, 4) is 5.69 Å². The Balaban J connectivity index is 2.31. The van der Waals surface area contributed by atoms with E-state index in [9.17, 15) is 23.1 Å². The molecular formula is C23H27ClN4O5S. The summed E-state index contributed by atoms with van der Waals surface area (Å²) in [5.74, 6) is 0.213. The van der Waals surface area contributed by atoms with E-state index >= 15 is 0 Å². The van der Waals surface area contributed by atoms with Crippen molar-refractivity contribution < 1.29 is 18.3 Å². The maximum Gasteiger partial charge on any atom is 0.408 e. The van der Waals surface area contributed by atoms with E-state index in [0.29, 0.717) is 16.8 Å². The summed E-state index contributed by atoms with van der Waals surface area (Å²) >= 11 is 6.34. The predicted molar refractivity (Wildman–Crippen MR) is 132 cm³/mol. The zero-order valence-electron chi connectivity index (χ0n) is 19.5. The molecule has 3 aromatic rings. The van der Waals surface area contributed by atoms with Crippen LogP contribution < -0.4 is 10.3 Å². The highest BCUT2D eigenvalue weighted by atomic mass is 35.5. The number of carbonyl (C=O) groups is 1. The third-order valence-corrected chi connectivity index (χ3v) is 6.25. The molecule has 0 saturated heterocycles. The van der Waals surface area contributed by atoms with Crippen LogP contribution in [-0.4, -0.2) is 45.9 Å². The summed E-state index contributed by atoms with van der Waals surface area (Å²) in [4.78, 5) is 31.8. The molecule has 0 aliphatic rings. The number of hydrogen-bond donors (Lipinski definition) is 2. The number of carboxylic acid groups (broad SMARTS) is 1. The molecule has 1 heterocycles. The fraction of sp³-hybridized carbons (Fsp3) is 0.348. The second kappa shape index (κ2) is 9.36. The van der Waals surface area contributed by atoms with Gasteiger partial charge in [0.25, 0.3) is 5.56 Å². The van der Waals surface area contributed by atoms with E-state index in [2.05, 4.69) is 9.71 Å². The summed E-state index contributed by atoms with van der Waals surface area (Å²) in [6.07, 6.45) is -0.0956. The van der Waals surface area contributed by atoms with Gasteiger partial charge >= 0.3 is 6.09 Å². The number of hydrogen-bond acceptors (Lipinski definition) is 5. The van der Waals surface area contributed by atoms with Gasteiger partial charge in [-0.15, -0.1) is 0 Å². The zero-order chi connectivity index (χ0) is 25.4. The Hall–Kier alpha value is -2.95. The smallest absolute Gasteiger partial charge is 0.408 e. The number of nitrogens with one attached hydrogen (secondary N) is 1. The lowest BCUT2D eigenvalue weighted by atomic mass is 10.0. The highest BCUT2D eigenvalue weighted by Gasteiger charge is 2.34. The summed E-state index contributed by atoms with van der Waals surface area (Å²) in [7, 11) is -3.42. The number of amides is 1. The highest BCUT2D eigenvalue weighted by molar-refractivity contribution is 7.88. The van der Waals surface area contributed by atoms with Crippen LogP contribution in [0.1, 0.15) is 45.1 Å². The van der Waals surface area contributed by atoms with Crippen molar-refractivity contribution in [1.29, 1.82) is 0 Å². The molecule has 1 amide bonds. The molecule has 3 rings (SSSR count). The normalized spacial score (nSPS) is 13.1. The second-order valence-corrected chi connectivity index (χ2v) is 11.2. The van der Waals surface area contributed by atoms with Crippen LogP contribution in [0, 0.1) is 0 Å². The molecule has 2 aromatic carbocycles. The quantitative estimate of drug-likeness (QED) is 0.522. The molecule has 34 heavy (non-hydrogen) atoms. The molecule has 9 nitrogen and oxygen atoms in total. The van der Waals surface area contributed by atoms with Crippen LogP contribution >= 0.6 is 11.6 Å². The maximum atomic E-state index is 13.7. The fourth-order valence-corrected chi connectivity index (χ4v) is 4.58. The van der Waals surface area contributed by atoms with Crippen molar-refractivity contribution in [1.82, 2.24) is 19.2 Å². The van der Waals surface area contributed by atoms with Crippen molar-refractivity contribution in [2.45, 2.75) is 45.8 Å².